The van der Waals surface area contributed by atoms with Crippen LogP contribution in [0, 0.1) is 0 Å². The van der Waals surface area contributed by atoms with Crippen LogP contribution in [-0.4, -0.2) is 35.1 Å². The molecule has 94 valence electrons. The summed E-state index contributed by atoms with van der Waals surface area (Å²) in [7, 11) is 1.64. The van der Waals surface area contributed by atoms with E-state index in [1.807, 2.05) is 13.8 Å². The van der Waals surface area contributed by atoms with Gasteiger partial charge >= 0.3 is 0 Å². The summed E-state index contributed by atoms with van der Waals surface area (Å²) < 4.78 is 7.56. The molecule has 1 fully saturated rings. The van der Waals surface area contributed by atoms with Gasteiger partial charge in [0.1, 0.15) is 4.47 Å². The van der Waals surface area contributed by atoms with Gasteiger partial charge in [-0.05, 0) is 29.8 Å². The first-order chi connectivity index (χ1) is 7.99. The van der Waals surface area contributed by atoms with E-state index >= 15 is 0 Å². The predicted molar refractivity (Wildman–Crippen MR) is 69.4 cm³/mol. The lowest BCUT2D eigenvalue weighted by molar-refractivity contribution is -0.00529. The van der Waals surface area contributed by atoms with Crippen molar-refractivity contribution in [1.82, 2.24) is 9.78 Å². The average Bonchev–Trinajstić information content (AvgIpc) is 2.24. The fourth-order valence-electron chi connectivity index (χ4n) is 2.10. The van der Waals surface area contributed by atoms with Crippen LogP contribution in [0.2, 0.25) is 0 Å². The number of hydrogen-bond acceptors (Lipinski definition) is 4. The minimum Gasteiger partial charge on any atom is -0.372 e. The fraction of sp³-hybridized carbons (Fsp3) is 0.636. The summed E-state index contributed by atoms with van der Waals surface area (Å²) in [5, 5.41) is 4.06. The van der Waals surface area contributed by atoms with Crippen molar-refractivity contribution >= 4 is 21.6 Å². The topological polar surface area (TPSA) is 47.4 Å². The number of aryl methyl sites for hydroxylation is 1. The van der Waals surface area contributed by atoms with Gasteiger partial charge in [0.25, 0.3) is 5.56 Å². The molecular formula is C11H16BrN3O2. The molecule has 0 amide bonds. The van der Waals surface area contributed by atoms with E-state index in [1.54, 1.807) is 13.2 Å². The summed E-state index contributed by atoms with van der Waals surface area (Å²) in [4.78, 5) is 13.9. The fourth-order valence-corrected chi connectivity index (χ4v) is 2.71. The summed E-state index contributed by atoms with van der Waals surface area (Å²) in [6, 6.07) is 0. The van der Waals surface area contributed by atoms with E-state index in [9.17, 15) is 4.79 Å². The third-order valence-corrected chi connectivity index (χ3v) is 3.57. The lowest BCUT2D eigenvalue weighted by Crippen LogP contribution is -2.46. The maximum Gasteiger partial charge on any atom is 0.282 e. The molecule has 1 aliphatic rings. The van der Waals surface area contributed by atoms with Gasteiger partial charge in [0, 0.05) is 20.1 Å². The van der Waals surface area contributed by atoms with Gasteiger partial charge in [0.2, 0.25) is 0 Å². The maximum absolute atomic E-state index is 11.8. The maximum atomic E-state index is 11.8. The van der Waals surface area contributed by atoms with E-state index in [1.165, 1.54) is 4.68 Å². The zero-order valence-corrected chi connectivity index (χ0v) is 11.8. The summed E-state index contributed by atoms with van der Waals surface area (Å²) in [5.74, 6) is 0. The summed E-state index contributed by atoms with van der Waals surface area (Å²) in [6.45, 7) is 5.62. The number of ether oxygens (including phenoxy) is 1. The Balaban J connectivity index is 2.34. The standard InChI is InChI=1S/C11H16BrN3O2/c1-7-5-15(6-8(2)17-7)9-4-13-14(3)11(16)10(9)12/h4,7-8H,5-6H2,1-3H3. The van der Waals surface area contributed by atoms with Gasteiger partial charge in [-0.3, -0.25) is 4.79 Å². The van der Waals surface area contributed by atoms with Crippen molar-refractivity contribution in [2.45, 2.75) is 26.1 Å². The van der Waals surface area contributed by atoms with Crippen LogP contribution in [0.5, 0.6) is 0 Å². The van der Waals surface area contributed by atoms with Gasteiger partial charge in [0.05, 0.1) is 24.1 Å². The Kier molecular flexibility index (Phi) is 3.53. The highest BCUT2D eigenvalue weighted by Gasteiger charge is 2.24. The zero-order valence-electron chi connectivity index (χ0n) is 10.2. The zero-order chi connectivity index (χ0) is 12.6. The number of nitrogens with zero attached hydrogens (tertiary/aromatic N) is 3. The first kappa shape index (κ1) is 12.6. The molecule has 1 aliphatic heterocycles. The second kappa shape index (κ2) is 4.78. The highest BCUT2D eigenvalue weighted by molar-refractivity contribution is 9.10. The Hall–Kier alpha value is -0.880. The van der Waals surface area contributed by atoms with Crippen LogP contribution in [0.25, 0.3) is 0 Å². The van der Waals surface area contributed by atoms with Crippen molar-refractivity contribution in [3.63, 3.8) is 0 Å². The summed E-state index contributed by atoms with van der Waals surface area (Å²) in [6.07, 6.45) is 2.04. The number of anilines is 1. The third-order valence-electron chi connectivity index (χ3n) is 2.82. The van der Waals surface area contributed by atoms with Crippen molar-refractivity contribution < 1.29 is 4.74 Å². The molecule has 0 N–H and O–H groups in total. The largest absolute Gasteiger partial charge is 0.372 e. The van der Waals surface area contributed by atoms with E-state index in [-0.39, 0.29) is 17.8 Å². The lowest BCUT2D eigenvalue weighted by Gasteiger charge is -2.36. The highest BCUT2D eigenvalue weighted by atomic mass is 79.9. The van der Waals surface area contributed by atoms with Crippen molar-refractivity contribution in [1.29, 1.82) is 0 Å². The molecule has 1 saturated heterocycles. The molecule has 2 rings (SSSR count). The van der Waals surface area contributed by atoms with Crippen LogP contribution >= 0.6 is 15.9 Å². The molecule has 6 heteroatoms. The van der Waals surface area contributed by atoms with E-state index in [0.29, 0.717) is 4.47 Å². The van der Waals surface area contributed by atoms with Crippen molar-refractivity contribution in [2.24, 2.45) is 7.05 Å². The molecule has 0 saturated carbocycles. The molecule has 2 heterocycles. The van der Waals surface area contributed by atoms with Gasteiger partial charge in [-0.25, -0.2) is 4.68 Å². The van der Waals surface area contributed by atoms with Crippen LogP contribution < -0.4 is 10.5 Å². The first-order valence-electron chi connectivity index (χ1n) is 5.61. The van der Waals surface area contributed by atoms with Crippen LogP contribution in [0.3, 0.4) is 0 Å². The second-order valence-electron chi connectivity index (χ2n) is 4.43. The molecule has 0 aromatic carbocycles. The molecule has 0 radical (unpaired) electrons. The molecule has 1 aromatic rings. The van der Waals surface area contributed by atoms with Crippen LogP contribution in [-0.2, 0) is 11.8 Å². The van der Waals surface area contributed by atoms with E-state index < -0.39 is 0 Å². The van der Waals surface area contributed by atoms with Crippen LogP contribution in [0.15, 0.2) is 15.5 Å². The predicted octanol–water partition coefficient (Wildman–Crippen LogP) is 1.16. The number of morpholine rings is 1. The minimum absolute atomic E-state index is 0.116. The number of rotatable bonds is 1. The quantitative estimate of drug-likeness (QED) is 0.781. The SMILES string of the molecule is CC1CN(c2cnn(C)c(=O)c2Br)CC(C)O1. The van der Waals surface area contributed by atoms with Gasteiger partial charge in [-0.15, -0.1) is 0 Å². The number of aromatic nitrogens is 2. The normalized spacial score (nSPS) is 25.1. The number of hydrogen-bond donors (Lipinski definition) is 0. The van der Waals surface area contributed by atoms with Crippen molar-refractivity contribution in [3.05, 3.63) is 21.0 Å². The monoisotopic (exact) mass is 301 g/mol. The molecular weight excluding hydrogens is 286 g/mol. The molecule has 17 heavy (non-hydrogen) atoms. The molecule has 0 bridgehead atoms. The molecule has 2 unspecified atom stereocenters. The lowest BCUT2D eigenvalue weighted by atomic mass is 10.2. The Bertz CT molecular complexity index is 464. The Morgan fingerprint density at radius 2 is 2.00 bits per heavy atom. The molecule has 0 spiro atoms. The van der Waals surface area contributed by atoms with E-state index in [4.69, 9.17) is 4.74 Å². The highest BCUT2D eigenvalue weighted by Crippen LogP contribution is 2.24. The van der Waals surface area contributed by atoms with E-state index in [2.05, 4.69) is 25.9 Å². The Morgan fingerprint density at radius 1 is 1.41 bits per heavy atom. The Labute approximate surface area is 109 Å². The van der Waals surface area contributed by atoms with Crippen molar-refractivity contribution in [2.75, 3.05) is 18.0 Å². The average molecular weight is 302 g/mol. The van der Waals surface area contributed by atoms with Gasteiger partial charge in [-0.2, -0.15) is 5.10 Å². The van der Waals surface area contributed by atoms with Crippen LogP contribution in [0.1, 0.15) is 13.8 Å². The minimum atomic E-state index is -0.116. The van der Waals surface area contributed by atoms with Gasteiger partial charge in [0.15, 0.2) is 0 Å². The van der Waals surface area contributed by atoms with Gasteiger partial charge < -0.3 is 9.64 Å². The number of halogens is 1. The first-order valence-corrected chi connectivity index (χ1v) is 6.40. The summed E-state index contributed by atoms with van der Waals surface area (Å²) in [5.41, 5.74) is 0.726. The summed E-state index contributed by atoms with van der Waals surface area (Å²) >= 11 is 3.35. The molecule has 1 aromatic heterocycles. The van der Waals surface area contributed by atoms with Crippen LogP contribution in [0.4, 0.5) is 5.69 Å². The third kappa shape index (κ3) is 2.52. The van der Waals surface area contributed by atoms with Gasteiger partial charge in [-0.1, -0.05) is 0 Å². The molecule has 5 nitrogen and oxygen atoms in total. The second-order valence-corrected chi connectivity index (χ2v) is 5.23. The molecule has 2 atom stereocenters. The smallest absolute Gasteiger partial charge is 0.282 e. The van der Waals surface area contributed by atoms with E-state index in [0.717, 1.165) is 18.8 Å². The Morgan fingerprint density at radius 3 is 2.59 bits per heavy atom. The molecule has 0 aliphatic carbocycles. The van der Waals surface area contributed by atoms with Crippen molar-refractivity contribution in [3.8, 4) is 0 Å².